The van der Waals surface area contributed by atoms with Crippen molar-refractivity contribution >= 4 is 13.9 Å². The SMILES string of the molecule is C[Si](C)(C)C#C[C@@H](c1ccccc1)[C@H](O)C(=O)c1ccccc1. The summed E-state index contributed by atoms with van der Waals surface area (Å²) in [6.45, 7) is 6.44. The highest BCUT2D eigenvalue weighted by Crippen LogP contribution is 2.22. The number of ketones is 1. The van der Waals surface area contributed by atoms with Crippen molar-refractivity contribution in [2.45, 2.75) is 31.7 Å². The van der Waals surface area contributed by atoms with E-state index in [1.807, 2.05) is 36.4 Å². The maximum Gasteiger partial charge on any atom is 0.192 e. The summed E-state index contributed by atoms with van der Waals surface area (Å²) in [6, 6.07) is 18.4. The van der Waals surface area contributed by atoms with Crippen molar-refractivity contribution in [1.29, 1.82) is 0 Å². The van der Waals surface area contributed by atoms with Crippen LogP contribution >= 0.6 is 0 Å². The van der Waals surface area contributed by atoms with Crippen LogP contribution in [0.1, 0.15) is 21.8 Å². The second kappa shape index (κ2) is 7.41. The van der Waals surface area contributed by atoms with E-state index in [0.717, 1.165) is 5.56 Å². The molecule has 3 heteroatoms. The van der Waals surface area contributed by atoms with Crippen LogP contribution in [-0.4, -0.2) is 25.1 Å². The monoisotopic (exact) mass is 322 g/mol. The van der Waals surface area contributed by atoms with Gasteiger partial charge in [0, 0.05) is 5.56 Å². The van der Waals surface area contributed by atoms with Crippen LogP contribution in [0, 0.1) is 11.5 Å². The van der Waals surface area contributed by atoms with Gasteiger partial charge in [-0.15, -0.1) is 5.54 Å². The first-order valence-corrected chi connectivity index (χ1v) is 11.2. The van der Waals surface area contributed by atoms with Crippen LogP contribution in [0.3, 0.4) is 0 Å². The van der Waals surface area contributed by atoms with Crippen molar-refractivity contribution in [3.8, 4) is 11.5 Å². The molecule has 2 nitrogen and oxygen atoms in total. The normalized spacial score (nSPS) is 13.6. The first kappa shape index (κ1) is 17.2. The molecule has 0 saturated carbocycles. The number of carbonyl (C=O) groups is 1. The fraction of sp³-hybridized carbons (Fsp3) is 0.250. The van der Waals surface area contributed by atoms with Gasteiger partial charge in [-0.25, -0.2) is 0 Å². The summed E-state index contributed by atoms with van der Waals surface area (Å²) in [4.78, 5) is 12.6. The molecule has 0 aliphatic carbocycles. The van der Waals surface area contributed by atoms with Crippen LogP contribution in [0.25, 0.3) is 0 Å². The molecule has 118 valence electrons. The van der Waals surface area contributed by atoms with Crippen LogP contribution in [0.5, 0.6) is 0 Å². The van der Waals surface area contributed by atoms with Gasteiger partial charge in [0.15, 0.2) is 5.78 Å². The summed E-state index contributed by atoms with van der Waals surface area (Å²) in [5.74, 6) is 2.38. The molecular formula is C20H22O2Si. The lowest BCUT2D eigenvalue weighted by Crippen LogP contribution is -2.28. The summed E-state index contributed by atoms with van der Waals surface area (Å²) in [6.07, 6.45) is -1.16. The van der Waals surface area contributed by atoms with Gasteiger partial charge in [0.1, 0.15) is 14.2 Å². The van der Waals surface area contributed by atoms with E-state index in [1.165, 1.54) is 0 Å². The molecule has 0 bridgehead atoms. The molecular weight excluding hydrogens is 300 g/mol. The Morgan fingerprint density at radius 2 is 1.48 bits per heavy atom. The van der Waals surface area contributed by atoms with Crippen LogP contribution in [0.4, 0.5) is 0 Å². The minimum Gasteiger partial charge on any atom is -0.383 e. The molecule has 0 amide bonds. The van der Waals surface area contributed by atoms with Gasteiger partial charge in [-0.3, -0.25) is 4.79 Å². The molecule has 0 spiro atoms. The Kier molecular flexibility index (Phi) is 5.54. The van der Waals surface area contributed by atoms with Gasteiger partial charge in [0.25, 0.3) is 0 Å². The molecule has 2 aromatic carbocycles. The van der Waals surface area contributed by atoms with E-state index in [2.05, 4.69) is 31.1 Å². The number of rotatable bonds is 4. The predicted octanol–water partition coefficient (Wildman–Crippen LogP) is 3.89. The van der Waals surface area contributed by atoms with E-state index >= 15 is 0 Å². The Morgan fingerprint density at radius 3 is 2.00 bits per heavy atom. The average Bonchev–Trinajstić information content (AvgIpc) is 2.55. The van der Waals surface area contributed by atoms with Crippen LogP contribution in [-0.2, 0) is 0 Å². The number of Topliss-reactive ketones (excluding diaryl/α,β-unsaturated/α-hetero) is 1. The Bertz CT molecular complexity index is 706. The molecule has 2 aromatic rings. The third-order valence-electron chi connectivity index (χ3n) is 3.40. The van der Waals surface area contributed by atoms with Crippen LogP contribution in [0.2, 0.25) is 19.6 Å². The zero-order valence-electron chi connectivity index (χ0n) is 13.8. The van der Waals surface area contributed by atoms with E-state index in [1.54, 1.807) is 24.3 Å². The zero-order valence-corrected chi connectivity index (χ0v) is 14.8. The maximum absolute atomic E-state index is 12.6. The van der Waals surface area contributed by atoms with Gasteiger partial charge in [-0.1, -0.05) is 86.2 Å². The van der Waals surface area contributed by atoms with Gasteiger partial charge in [-0.2, -0.15) is 0 Å². The summed E-state index contributed by atoms with van der Waals surface area (Å²) in [5.41, 5.74) is 4.66. The molecule has 2 rings (SSSR count). The maximum atomic E-state index is 12.6. The van der Waals surface area contributed by atoms with E-state index in [4.69, 9.17) is 0 Å². The molecule has 0 aliphatic heterocycles. The number of hydrogen-bond acceptors (Lipinski definition) is 2. The van der Waals surface area contributed by atoms with Crippen molar-refractivity contribution in [1.82, 2.24) is 0 Å². The van der Waals surface area contributed by atoms with E-state index < -0.39 is 20.1 Å². The smallest absolute Gasteiger partial charge is 0.192 e. The standard InChI is InChI=1S/C20H22O2Si/c1-23(2,3)15-14-18(16-10-6-4-7-11-16)20(22)19(21)17-12-8-5-9-13-17/h4-13,18,20,22H,1-3H3/t18-,20-/m0/s1. The number of aliphatic hydroxyl groups excluding tert-OH is 1. The molecule has 2 atom stereocenters. The highest BCUT2D eigenvalue weighted by atomic mass is 28.3. The van der Waals surface area contributed by atoms with Crippen molar-refractivity contribution in [3.05, 3.63) is 71.8 Å². The van der Waals surface area contributed by atoms with Gasteiger partial charge in [0.05, 0.1) is 5.92 Å². The fourth-order valence-electron chi connectivity index (χ4n) is 2.22. The molecule has 0 aromatic heterocycles. The summed E-state index contributed by atoms with van der Waals surface area (Å²) < 4.78 is 0. The first-order valence-electron chi connectivity index (χ1n) is 7.73. The van der Waals surface area contributed by atoms with E-state index in [9.17, 15) is 9.90 Å². The fourth-order valence-corrected chi connectivity index (χ4v) is 2.81. The van der Waals surface area contributed by atoms with Crippen LogP contribution < -0.4 is 0 Å². The summed E-state index contributed by atoms with van der Waals surface area (Å²) in [5, 5.41) is 10.6. The van der Waals surface area contributed by atoms with Crippen molar-refractivity contribution in [3.63, 3.8) is 0 Å². The molecule has 0 aliphatic rings. The summed E-state index contributed by atoms with van der Waals surface area (Å²) >= 11 is 0. The number of hydrogen-bond donors (Lipinski definition) is 1. The number of carbonyl (C=O) groups excluding carboxylic acids is 1. The molecule has 23 heavy (non-hydrogen) atoms. The summed E-state index contributed by atoms with van der Waals surface area (Å²) in [7, 11) is -1.60. The van der Waals surface area contributed by atoms with Gasteiger partial charge >= 0.3 is 0 Å². The lowest BCUT2D eigenvalue weighted by atomic mass is 9.89. The minimum absolute atomic E-state index is 0.288. The number of benzene rings is 2. The zero-order chi connectivity index (χ0) is 16.9. The topological polar surface area (TPSA) is 37.3 Å². The molecule has 0 saturated heterocycles. The van der Waals surface area contributed by atoms with Gasteiger partial charge in [0.2, 0.25) is 0 Å². The lowest BCUT2D eigenvalue weighted by molar-refractivity contribution is 0.0725. The quantitative estimate of drug-likeness (QED) is 0.527. The Labute approximate surface area is 139 Å². The highest BCUT2D eigenvalue weighted by molar-refractivity contribution is 6.83. The molecule has 0 unspecified atom stereocenters. The third kappa shape index (κ3) is 4.92. The minimum atomic E-state index is -1.60. The largest absolute Gasteiger partial charge is 0.383 e. The highest BCUT2D eigenvalue weighted by Gasteiger charge is 2.27. The van der Waals surface area contributed by atoms with Gasteiger partial charge < -0.3 is 5.11 Å². The Hall–Kier alpha value is -2.15. The second-order valence-electron chi connectivity index (χ2n) is 6.58. The van der Waals surface area contributed by atoms with Crippen molar-refractivity contribution in [2.75, 3.05) is 0 Å². The second-order valence-corrected chi connectivity index (χ2v) is 11.3. The molecule has 0 heterocycles. The van der Waals surface area contributed by atoms with Crippen molar-refractivity contribution in [2.24, 2.45) is 0 Å². The third-order valence-corrected chi connectivity index (χ3v) is 4.30. The molecule has 0 fully saturated rings. The Morgan fingerprint density at radius 1 is 0.957 bits per heavy atom. The van der Waals surface area contributed by atoms with Crippen LogP contribution in [0.15, 0.2) is 60.7 Å². The van der Waals surface area contributed by atoms with Gasteiger partial charge in [-0.05, 0) is 5.56 Å². The first-order chi connectivity index (χ1) is 10.9. The Balaban J connectivity index is 2.37. The predicted molar refractivity (Wildman–Crippen MR) is 97.1 cm³/mol. The van der Waals surface area contributed by atoms with E-state index in [0.29, 0.717) is 5.56 Å². The van der Waals surface area contributed by atoms with Crippen molar-refractivity contribution < 1.29 is 9.90 Å². The average molecular weight is 322 g/mol. The molecule has 0 radical (unpaired) electrons. The lowest BCUT2D eigenvalue weighted by Gasteiger charge is -2.18. The number of aliphatic hydroxyl groups is 1. The molecule has 1 N–H and O–H groups in total. The van der Waals surface area contributed by atoms with E-state index in [-0.39, 0.29) is 5.78 Å².